The summed E-state index contributed by atoms with van der Waals surface area (Å²) in [6.07, 6.45) is 1.79. The fourth-order valence-electron chi connectivity index (χ4n) is 2.38. The number of fused-ring (bicyclic) bond motifs is 1. The topological polar surface area (TPSA) is 103 Å². The number of amides is 1. The molecule has 0 radical (unpaired) electrons. The number of ether oxygens (including phenoxy) is 1. The van der Waals surface area contributed by atoms with E-state index in [4.69, 9.17) is 9.15 Å². The highest BCUT2D eigenvalue weighted by atomic mass is 16.5. The highest BCUT2D eigenvalue weighted by molar-refractivity contribution is 5.83. The summed E-state index contributed by atoms with van der Waals surface area (Å²) < 4.78 is 11.3. The van der Waals surface area contributed by atoms with E-state index in [2.05, 4.69) is 10.3 Å². The van der Waals surface area contributed by atoms with E-state index in [-0.39, 0.29) is 18.6 Å². The lowest BCUT2D eigenvalue weighted by Crippen LogP contribution is -2.36. The van der Waals surface area contributed by atoms with E-state index >= 15 is 0 Å². The van der Waals surface area contributed by atoms with Crippen molar-refractivity contribution >= 4 is 22.8 Å². The van der Waals surface area contributed by atoms with Gasteiger partial charge in [-0.15, -0.1) is 0 Å². The largest absolute Gasteiger partial charge is 0.467 e. The Labute approximate surface area is 148 Å². The van der Waals surface area contributed by atoms with E-state index in [0.717, 1.165) is 4.57 Å². The van der Waals surface area contributed by atoms with Crippen LogP contribution in [-0.4, -0.2) is 27.5 Å². The van der Waals surface area contributed by atoms with Gasteiger partial charge in [0.25, 0.3) is 11.5 Å². The smallest absolute Gasteiger partial charge is 0.326 e. The molecule has 0 bridgehead atoms. The fraction of sp³-hybridized carbons (Fsp3) is 0.222. The van der Waals surface area contributed by atoms with Crippen molar-refractivity contribution in [2.24, 2.45) is 0 Å². The molecule has 3 aromatic rings. The van der Waals surface area contributed by atoms with Crippen molar-refractivity contribution in [1.29, 1.82) is 0 Å². The third kappa shape index (κ3) is 3.97. The van der Waals surface area contributed by atoms with E-state index in [1.807, 2.05) is 0 Å². The van der Waals surface area contributed by atoms with Crippen molar-refractivity contribution in [3.63, 3.8) is 0 Å². The van der Waals surface area contributed by atoms with Crippen LogP contribution < -0.4 is 10.9 Å². The van der Waals surface area contributed by atoms with Crippen molar-refractivity contribution in [2.75, 3.05) is 0 Å². The lowest BCUT2D eigenvalue weighted by Gasteiger charge is -2.13. The maximum absolute atomic E-state index is 12.3. The molecule has 2 heterocycles. The number of hydrogen-bond donors (Lipinski definition) is 1. The molecule has 0 aliphatic rings. The van der Waals surface area contributed by atoms with E-state index in [1.165, 1.54) is 19.5 Å². The Morgan fingerprint density at radius 3 is 2.85 bits per heavy atom. The average Bonchev–Trinajstić information content (AvgIpc) is 3.15. The first kappa shape index (κ1) is 17.4. The van der Waals surface area contributed by atoms with E-state index in [1.54, 1.807) is 36.4 Å². The number of carbonyl (C=O) groups excluding carboxylic acids is 2. The molecule has 0 aliphatic heterocycles. The van der Waals surface area contributed by atoms with Crippen LogP contribution in [0.4, 0.5) is 0 Å². The lowest BCUT2D eigenvalue weighted by atomic mass is 10.2. The Morgan fingerprint density at radius 2 is 2.08 bits per heavy atom. The van der Waals surface area contributed by atoms with Gasteiger partial charge in [-0.2, -0.15) is 0 Å². The van der Waals surface area contributed by atoms with Crippen LogP contribution in [0.1, 0.15) is 12.7 Å². The second-order valence-electron chi connectivity index (χ2n) is 5.62. The number of benzene rings is 1. The zero-order valence-electron chi connectivity index (χ0n) is 14.0. The highest BCUT2D eigenvalue weighted by Gasteiger charge is 2.18. The van der Waals surface area contributed by atoms with Crippen molar-refractivity contribution < 1.29 is 18.7 Å². The molecule has 1 atom stereocenters. The number of esters is 1. The molecule has 0 saturated heterocycles. The molecule has 2 aromatic heterocycles. The molecule has 0 unspecified atom stereocenters. The maximum Gasteiger partial charge on any atom is 0.326 e. The number of hydrogen-bond acceptors (Lipinski definition) is 6. The molecule has 3 rings (SSSR count). The number of furan rings is 1. The van der Waals surface area contributed by atoms with Crippen LogP contribution in [0.5, 0.6) is 0 Å². The number of rotatable bonds is 6. The van der Waals surface area contributed by atoms with Crippen LogP contribution in [0.15, 0.2) is 58.2 Å². The molecule has 0 aliphatic carbocycles. The summed E-state index contributed by atoms with van der Waals surface area (Å²) in [5, 5.41) is 3.01. The van der Waals surface area contributed by atoms with Gasteiger partial charge < -0.3 is 14.5 Å². The van der Waals surface area contributed by atoms with Crippen molar-refractivity contribution in [3.05, 3.63) is 65.1 Å². The molecular formula is C18H17N3O5. The van der Waals surface area contributed by atoms with Gasteiger partial charge in [0.05, 0.1) is 30.0 Å². The highest BCUT2D eigenvalue weighted by Crippen LogP contribution is 2.05. The Kier molecular flexibility index (Phi) is 5.12. The summed E-state index contributed by atoms with van der Waals surface area (Å²) in [5.74, 6) is -0.575. The van der Waals surface area contributed by atoms with Gasteiger partial charge in [0.15, 0.2) is 6.10 Å². The second kappa shape index (κ2) is 7.64. The molecular weight excluding hydrogens is 338 g/mol. The summed E-state index contributed by atoms with van der Waals surface area (Å²) in [4.78, 5) is 40.5. The summed E-state index contributed by atoms with van der Waals surface area (Å²) in [7, 11) is 0. The van der Waals surface area contributed by atoms with Gasteiger partial charge in [-0.05, 0) is 31.2 Å². The first-order chi connectivity index (χ1) is 12.5. The van der Waals surface area contributed by atoms with Crippen LogP contribution in [0.3, 0.4) is 0 Å². The first-order valence-electron chi connectivity index (χ1n) is 7.98. The summed E-state index contributed by atoms with van der Waals surface area (Å²) >= 11 is 0. The predicted octanol–water partition coefficient (Wildman–Crippen LogP) is 1.24. The molecule has 8 nitrogen and oxygen atoms in total. The predicted molar refractivity (Wildman–Crippen MR) is 92.1 cm³/mol. The number of nitrogens with one attached hydrogen (secondary N) is 1. The minimum Gasteiger partial charge on any atom is -0.467 e. The van der Waals surface area contributed by atoms with Gasteiger partial charge in [-0.25, -0.2) is 4.98 Å². The van der Waals surface area contributed by atoms with Gasteiger partial charge in [0.2, 0.25) is 0 Å². The van der Waals surface area contributed by atoms with Gasteiger partial charge in [0.1, 0.15) is 12.3 Å². The SMILES string of the molecule is C[C@@H](OC(=O)Cn1cnc2ccccc2c1=O)C(=O)NCc1ccco1. The lowest BCUT2D eigenvalue weighted by molar-refractivity contribution is -0.155. The molecule has 8 heteroatoms. The normalized spacial score (nSPS) is 11.9. The molecule has 26 heavy (non-hydrogen) atoms. The quantitative estimate of drug-likeness (QED) is 0.667. The average molecular weight is 355 g/mol. The van der Waals surface area contributed by atoms with Crippen molar-refractivity contribution in [1.82, 2.24) is 14.9 Å². The van der Waals surface area contributed by atoms with Gasteiger partial charge in [-0.1, -0.05) is 12.1 Å². The zero-order valence-corrected chi connectivity index (χ0v) is 14.0. The summed E-state index contributed by atoms with van der Waals surface area (Å²) in [6.45, 7) is 1.32. The van der Waals surface area contributed by atoms with Crippen molar-refractivity contribution in [3.8, 4) is 0 Å². The monoisotopic (exact) mass is 355 g/mol. The maximum atomic E-state index is 12.3. The molecule has 0 fully saturated rings. The van der Waals surface area contributed by atoms with Gasteiger partial charge in [-0.3, -0.25) is 19.0 Å². The van der Waals surface area contributed by atoms with Gasteiger partial charge in [0, 0.05) is 0 Å². The number of carbonyl (C=O) groups is 2. The van der Waals surface area contributed by atoms with Gasteiger partial charge >= 0.3 is 5.97 Å². The third-order valence-electron chi connectivity index (χ3n) is 3.73. The number of aromatic nitrogens is 2. The first-order valence-corrected chi connectivity index (χ1v) is 7.98. The minimum atomic E-state index is -0.999. The Hall–Kier alpha value is -3.42. The Bertz CT molecular complexity index is 978. The zero-order chi connectivity index (χ0) is 18.5. The molecule has 1 aromatic carbocycles. The Balaban J connectivity index is 1.59. The van der Waals surface area contributed by atoms with Crippen LogP contribution >= 0.6 is 0 Å². The van der Waals surface area contributed by atoms with Crippen LogP contribution in [0.25, 0.3) is 10.9 Å². The summed E-state index contributed by atoms with van der Waals surface area (Å²) in [6, 6.07) is 10.3. The van der Waals surface area contributed by atoms with Crippen molar-refractivity contribution in [2.45, 2.75) is 26.1 Å². The van der Waals surface area contributed by atoms with Crippen LogP contribution in [-0.2, 0) is 27.4 Å². The van der Waals surface area contributed by atoms with Crippen LogP contribution in [0, 0.1) is 0 Å². The number of para-hydroxylation sites is 1. The molecule has 0 spiro atoms. The standard InChI is InChI=1S/C18H17N3O5/c1-12(17(23)19-9-13-5-4-8-25-13)26-16(22)10-21-11-20-15-7-3-2-6-14(15)18(21)24/h2-8,11-12H,9-10H2,1H3,(H,19,23)/t12-/m1/s1. The van der Waals surface area contributed by atoms with Crippen LogP contribution in [0.2, 0.25) is 0 Å². The second-order valence-corrected chi connectivity index (χ2v) is 5.62. The summed E-state index contributed by atoms with van der Waals surface area (Å²) in [5.41, 5.74) is 0.204. The van der Waals surface area contributed by atoms with E-state index in [0.29, 0.717) is 16.7 Å². The molecule has 1 amide bonds. The van der Waals surface area contributed by atoms with E-state index in [9.17, 15) is 14.4 Å². The molecule has 134 valence electrons. The Morgan fingerprint density at radius 1 is 1.27 bits per heavy atom. The minimum absolute atomic E-state index is 0.196. The fourth-order valence-corrected chi connectivity index (χ4v) is 2.38. The van der Waals surface area contributed by atoms with E-state index < -0.39 is 18.0 Å². The number of nitrogens with zero attached hydrogens (tertiary/aromatic N) is 2. The third-order valence-corrected chi connectivity index (χ3v) is 3.73. The molecule has 1 N–H and O–H groups in total. The molecule has 0 saturated carbocycles.